The zero-order valence-electron chi connectivity index (χ0n) is 6.79. The molecule has 0 saturated heterocycles. The van der Waals surface area contributed by atoms with Crippen LogP contribution in [0.2, 0.25) is 5.28 Å². The van der Waals surface area contributed by atoms with Crippen LogP contribution in [-0.4, -0.2) is 9.55 Å². The van der Waals surface area contributed by atoms with Gasteiger partial charge in [-0.3, -0.25) is 0 Å². The molecule has 0 saturated carbocycles. The predicted octanol–water partition coefficient (Wildman–Crippen LogP) is 3.10. The standard InChI is InChI=1S/C8H6BrClN2O/c1-12-5(4-11-8(12)10)6-2-3-7(9)13-6/h2-4H,1H3. The number of hydrogen-bond acceptors (Lipinski definition) is 2. The molecular weight excluding hydrogens is 255 g/mol. The maximum absolute atomic E-state index is 5.78. The topological polar surface area (TPSA) is 31.0 Å². The average molecular weight is 262 g/mol. The van der Waals surface area contributed by atoms with E-state index in [9.17, 15) is 0 Å². The lowest BCUT2D eigenvalue weighted by Crippen LogP contribution is -1.89. The average Bonchev–Trinajstić information content (AvgIpc) is 2.62. The van der Waals surface area contributed by atoms with Crippen LogP contribution in [0.3, 0.4) is 0 Å². The van der Waals surface area contributed by atoms with Crippen molar-refractivity contribution in [2.24, 2.45) is 7.05 Å². The molecule has 0 bridgehead atoms. The fourth-order valence-electron chi connectivity index (χ4n) is 1.07. The van der Waals surface area contributed by atoms with Gasteiger partial charge in [0.2, 0.25) is 5.28 Å². The van der Waals surface area contributed by atoms with E-state index in [1.807, 2.05) is 19.2 Å². The summed E-state index contributed by atoms with van der Waals surface area (Å²) in [6, 6.07) is 3.69. The smallest absolute Gasteiger partial charge is 0.202 e. The van der Waals surface area contributed by atoms with E-state index in [2.05, 4.69) is 20.9 Å². The molecule has 13 heavy (non-hydrogen) atoms. The second-order valence-corrected chi connectivity index (χ2v) is 3.69. The first kappa shape index (κ1) is 8.84. The molecule has 0 atom stereocenters. The molecule has 2 heterocycles. The van der Waals surface area contributed by atoms with Gasteiger partial charge in [-0.2, -0.15) is 0 Å². The Morgan fingerprint density at radius 3 is 2.77 bits per heavy atom. The molecule has 0 fully saturated rings. The van der Waals surface area contributed by atoms with Crippen LogP contribution in [0.4, 0.5) is 0 Å². The third-order valence-corrected chi connectivity index (χ3v) is 2.53. The minimum absolute atomic E-state index is 0.447. The third-order valence-electron chi connectivity index (χ3n) is 1.76. The normalized spacial score (nSPS) is 10.7. The molecule has 0 unspecified atom stereocenters. The minimum Gasteiger partial charge on any atom is -0.448 e. The second-order valence-electron chi connectivity index (χ2n) is 2.58. The van der Waals surface area contributed by atoms with Crippen LogP contribution in [0, 0.1) is 0 Å². The van der Waals surface area contributed by atoms with E-state index in [0.29, 0.717) is 9.95 Å². The van der Waals surface area contributed by atoms with E-state index < -0.39 is 0 Å². The first-order valence-corrected chi connectivity index (χ1v) is 4.78. The maximum Gasteiger partial charge on any atom is 0.202 e. The van der Waals surface area contributed by atoms with E-state index in [1.54, 1.807) is 10.8 Å². The molecule has 0 aromatic carbocycles. The molecule has 0 amide bonds. The Bertz CT molecular complexity index is 435. The first-order valence-electron chi connectivity index (χ1n) is 3.61. The molecule has 3 nitrogen and oxygen atoms in total. The molecule has 68 valence electrons. The van der Waals surface area contributed by atoms with E-state index >= 15 is 0 Å². The van der Waals surface area contributed by atoms with Crippen LogP contribution in [0.1, 0.15) is 0 Å². The Morgan fingerprint density at radius 1 is 1.54 bits per heavy atom. The highest BCUT2D eigenvalue weighted by Crippen LogP contribution is 2.26. The number of aromatic nitrogens is 2. The highest BCUT2D eigenvalue weighted by molar-refractivity contribution is 9.10. The zero-order chi connectivity index (χ0) is 9.42. The fraction of sp³-hybridized carbons (Fsp3) is 0.125. The lowest BCUT2D eigenvalue weighted by molar-refractivity contribution is 0.551. The number of hydrogen-bond donors (Lipinski definition) is 0. The van der Waals surface area contributed by atoms with Crippen LogP contribution in [0.25, 0.3) is 11.5 Å². The summed E-state index contributed by atoms with van der Waals surface area (Å²) in [5.74, 6) is 0.744. The van der Waals surface area contributed by atoms with Gasteiger partial charge in [0.1, 0.15) is 5.69 Å². The quantitative estimate of drug-likeness (QED) is 0.790. The van der Waals surface area contributed by atoms with Gasteiger partial charge in [-0.05, 0) is 39.7 Å². The molecule has 0 radical (unpaired) electrons. The summed E-state index contributed by atoms with van der Waals surface area (Å²) in [6.45, 7) is 0. The Balaban J connectivity index is 2.52. The van der Waals surface area contributed by atoms with Crippen molar-refractivity contribution in [2.75, 3.05) is 0 Å². The molecule has 2 rings (SSSR count). The van der Waals surface area contributed by atoms with Crippen LogP contribution >= 0.6 is 27.5 Å². The van der Waals surface area contributed by atoms with Gasteiger partial charge in [0, 0.05) is 7.05 Å². The number of nitrogens with zero attached hydrogens (tertiary/aromatic N) is 2. The SMILES string of the molecule is Cn1c(-c2ccc(Br)o2)cnc1Cl. The van der Waals surface area contributed by atoms with Gasteiger partial charge in [-0.15, -0.1) is 0 Å². The summed E-state index contributed by atoms with van der Waals surface area (Å²) in [6.07, 6.45) is 1.67. The molecule has 0 aliphatic carbocycles. The van der Waals surface area contributed by atoms with Crippen molar-refractivity contribution in [1.29, 1.82) is 0 Å². The highest BCUT2D eigenvalue weighted by atomic mass is 79.9. The molecule has 5 heteroatoms. The highest BCUT2D eigenvalue weighted by Gasteiger charge is 2.09. The third kappa shape index (κ3) is 1.51. The number of imidazole rings is 1. The minimum atomic E-state index is 0.447. The molecule has 0 spiro atoms. The Hall–Kier alpha value is -0.740. The van der Waals surface area contributed by atoms with Crippen molar-refractivity contribution in [3.8, 4) is 11.5 Å². The van der Waals surface area contributed by atoms with E-state index in [0.717, 1.165) is 11.5 Å². The monoisotopic (exact) mass is 260 g/mol. The van der Waals surface area contributed by atoms with Crippen molar-refractivity contribution < 1.29 is 4.42 Å². The van der Waals surface area contributed by atoms with Crippen LogP contribution in [-0.2, 0) is 7.05 Å². The van der Waals surface area contributed by atoms with E-state index in [1.165, 1.54) is 0 Å². The molecule has 2 aromatic rings. The van der Waals surface area contributed by atoms with Crippen molar-refractivity contribution in [3.05, 3.63) is 28.3 Å². The number of rotatable bonds is 1. The van der Waals surface area contributed by atoms with Gasteiger partial charge < -0.3 is 8.98 Å². The molecule has 0 N–H and O–H groups in total. The van der Waals surface area contributed by atoms with Gasteiger partial charge in [0.15, 0.2) is 10.4 Å². The zero-order valence-corrected chi connectivity index (χ0v) is 9.13. The lowest BCUT2D eigenvalue weighted by atomic mass is 10.3. The summed E-state index contributed by atoms with van der Waals surface area (Å²) in [5, 5.41) is 0.447. The summed E-state index contributed by atoms with van der Waals surface area (Å²) < 4.78 is 7.81. The van der Waals surface area contributed by atoms with Gasteiger partial charge in [-0.25, -0.2) is 4.98 Å². The summed E-state index contributed by atoms with van der Waals surface area (Å²) in [5.41, 5.74) is 0.857. The van der Waals surface area contributed by atoms with Crippen LogP contribution in [0.15, 0.2) is 27.4 Å². The number of halogens is 2. The molecular formula is C8H6BrClN2O. The van der Waals surface area contributed by atoms with E-state index in [4.69, 9.17) is 16.0 Å². The maximum atomic E-state index is 5.78. The largest absolute Gasteiger partial charge is 0.448 e. The molecule has 0 aliphatic rings. The van der Waals surface area contributed by atoms with Crippen molar-refractivity contribution in [3.63, 3.8) is 0 Å². The van der Waals surface area contributed by atoms with Crippen LogP contribution in [0.5, 0.6) is 0 Å². The van der Waals surface area contributed by atoms with E-state index in [-0.39, 0.29) is 0 Å². The Labute approximate surface area is 88.5 Å². The van der Waals surface area contributed by atoms with Crippen molar-refractivity contribution in [1.82, 2.24) is 9.55 Å². The predicted molar refractivity (Wildman–Crippen MR) is 53.6 cm³/mol. The van der Waals surface area contributed by atoms with Crippen molar-refractivity contribution in [2.45, 2.75) is 0 Å². The second kappa shape index (κ2) is 3.20. The first-order chi connectivity index (χ1) is 6.18. The van der Waals surface area contributed by atoms with Gasteiger partial charge in [-0.1, -0.05) is 0 Å². The van der Waals surface area contributed by atoms with Gasteiger partial charge >= 0.3 is 0 Å². The van der Waals surface area contributed by atoms with Gasteiger partial charge in [0.25, 0.3) is 0 Å². The summed E-state index contributed by atoms with van der Waals surface area (Å²) in [7, 11) is 1.83. The summed E-state index contributed by atoms with van der Waals surface area (Å²) in [4.78, 5) is 3.95. The molecule has 0 aliphatic heterocycles. The van der Waals surface area contributed by atoms with Gasteiger partial charge in [0.05, 0.1) is 6.20 Å². The molecule has 2 aromatic heterocycles. The Kier molecular flexibility index (Phi) is 2.17. The van der Waals surface area contributed by atoms with Crippen molar-refractivity contribution >= 4 is 27.5 Å². The lowest BCUT2D eigenvalue weighted by Gasteiger charge is -1.97. The number of furan rings is 1. The Morgan fingerprint density at radius 2 is 2.31 bits per heavy atom. The summed E-state index contributed by atoms with van der Waals surface area (Å²) >= 11 is 9.02. The fourth-order valence-corrected chi connectivity index (χ4v) is 1.51. The van der Waals surface area contributed by atoms with Crippen LogP contribution < -0.4 is 0 Å².